The largest absolute Gasteiger partial charge is 0.478 e. The zero-order valence-electron chi connectivity index (χ0n) is 7.75. The first-order chi connectivity index (χ1) is 6.24. The Morgan fingerprint density at radius 1 is 1.77 bits per heavy atom. The van der Waals surface area contributed by atoms with Crippen LogP contribution in [0.2, 0.25) is 0 Å². The summed E-state index contributed by atoms with van der Waals surface area (Å²) in [5.74, 6) is -0.848. The number of carboxylic acids is 1. The Kier molecular flexibility index (Phi) is 3.92. The average Bonchev–Trinajstić information content (AvgIpc) is 2.56. The molecule has 0 aromatic heterocycles. The summed E-state index contributed by atoms with van der Waals surface area (Å²) in [4.78, 5) is 10.7. The molecule has 4 heteroatoms. The van der Waals surface area contributed by atoms with Crippen molar-refractivity contribution in [3.63, 3.8) is 0 Å². The Balaban J connectivity index is 2.55. The highest BCUT2D eigenvalue weighted by molar-refractivity contribution is 5.86. The third kappa shape index (κ3) is 3.16. The molecule has 1 unspecified atom stereocenters. The number of nitrogens with one attached hydrogen (secondary N) is 1. The van der Waals surface area contributed by atoms with Crippen LogP contribution in [0.15, 0.2) is 11.6 Å². The highest BCUT2D eigenvalue weighted by Crippen LogP contribution is 2.08. The number of rotatable bonds is 4. The van der Waals surface area contributed by atoms with Crippen molar-refractivity contribution in [3.8, 4) is 0 Å². The molecule has 1 atom stereocenters. The van der Waals surface area contributed by atoms with Crippen LogP contribution in [0.4, 0.5) is 0 Å². The molecule has 0 bridgehead atoms. The predicted molar refractivity (Wildman–Crippen MR) is 48.4 cm³/mol. The molecule has 0 radical (unpaired) electrons. The monoisotopic (exact) mass is 185 g/mol. The zero-order valence-corrected chi connectivity index (χ0v) is 7.75. The molecule has 1 fully saturated rings. The van der Waals surface area contributed by atoms with Crippen molar-refractivity contribution in [2.45, 2.75) is 26.0 Å². The van der Waals surface area contributed by atoms with Crippen LogP contribution >= 0.6 is 0 Å². The second kappa shape index (κ2) is 4.99. The van der Waals surface area contributed by atoms with Crippen LogP contribution < -0.4 is 5.32 Å². The maximum absolute atomic E-state index is 10.7. The summed E-state index contributed by atoms with van der Waals surface area (Å²) in [5.41, 5.74) is 0.432. The van der Waals surface area contributed by atoms with Gasteiger partial charge in [0.15, 0.2) is 0 Å². The predicted octanol–water partition coefficient (Wildman–Crippen LogP) is 0.743. The van der Waals surface area contributed by atoms with Gasteiger partial charge in [-0.1, -0.05) is 13.3 Å². The first-order valence-electron chi connectivity index (χ1n) is 4.53. The number of ether oxygens (including phenoxy) is 1. The Bertz CT molecular complexity index is 207. The van der Waals surface area contributed by atoms with E-state index in [2.05, 4.69) is 5.32 Å². The molecule has 4 nitrogen and oxygen atoms in total. The van der Waals surface area contributed by atoms with Gasteiger partial charge in [-0.25, -0.2) is 4.79 Å². The summed E-state index contributed by atoms with van der Waals surface area (Å²) in [6, 6.07) is 0. The third-order valence-corrected chi connectivity index (χ3v) is 1.89. The Labute approximate surface area is 77.6 Å². The number of hydrogen-bond acceptors (Lipinski definition) is 3. The highest BCUT2D eigenvalue weighted by Gasteiger charge is 2.15. The number of carbonyl (C=O) groups is 1. The lowest BCUT2D eigenvalue weighted by Gasteiger charge is -2.06. The first kappa shape index (κ1) is 10.2. The van der Waals surface area contributed by atoms with Crippen LogP contribution in [-0.2, 0) is 9.53 Å². The standard InChI is InChI=1S/C9H15NO3/c1-2-3-7(9(11)12)6-8-10-4-5-13-8/h6,8,10H,2-5H2,1H3,(H,11,12). The molecule has 0 aromatic carbocycles. The Hall–Kier alpha value is -0.870. The minimum Gasteiger partial charge on any atom is -0.478 e. The summed E-state index contributed by atoms with van der Waals surface area (Å²) in [5, 5.41) is 11.9. The van der Waals surface area contributed by atoms with Crippen LogP contribution in [-0.4, -0.2) is 30.5 Å². The van der Waals surface area contributed by atoms with Gasteiger partial charge in [-0.2, -0.15) is 0 Å². The molecule has 0 aromatic rings. The summed E-state index contributed by atoms with van der Waals surface area (Å²) in [6.45, 7) is 3.40. The van der Waals surface area contributed by atoms with Crippen LogP contribution in [0.3, 0.4) is 0 Å². The Morgan fingerprint density at radius 2 is 2.54 bits per heavy atom. The molecule has 1 aliphatic heterocycles. The summed E-state index contributed by atoms with van der Waals surface area (Å²) in [6.07, 6.45) is 2.87. The quantitative estimate of drug-likeness (QED) is 0.634. The van der Waals surface area contributed by atoms with Gasteiger partial charge in [0.25, 0.3) is 0 Å². The minimum atomic E-state index is -0.848. The molecule has 0 spiro atoms. The van der Waals surface area contributed by atoms with E-state index in [1.165, 1.54) is 0 Å². The fourth-order valence-electron chi connectivity index (χ4n) is 1.27. The lowest BCUT2D eigenvalue weighted by atomic mass is 10.1. The van der Waals surface area contributed by atoms with Crippen molar-refractivity contribution < 1.29 is 14.6 Å². The molecule has 2 N–H and O–H groups in total. The third-order valence-electron chi connectivity index (χ3n) is 1.89. The van der Waals surface area contributed by atoms with Crippen molar-refractivity contribution >= 4 is 5.97 Å². The smallest absolute Gasteiger partial charge is 0.331 e. The molecule has 1 aliphatic rings. The van der Waals surface area contributed by atoms with Crippen LogP contribution in [0.25, 0.3) is 0 Å². The second-order valence-corrected chi connectivity index (χ2v) is 2.99. The van der Waals surface area contributed by atoms with E-state index in [0.29, 0.717) is 18.6 Å². The highest BCUT2D eigenvalue weighted by atomic mass is 16.5. The average molecular weight is 185 g/mol. The topological polar surface area (TPSA) is 58.6 Å². The molecule has 0 amide bonds. The van der Waals surface area contributed by atoms with Gasteiger partial charge in [-0.15, -0.1) is 0 Å². The van der Waals surface area contributed by atoms with Gasteiger partial charge in [0, 0.05) is 12.1 Å². The second-order valence-electron chi connectivity index (χ2n) is 2.99. The fourth-order valence-corrected chi connectivity index (χ4v) is 1.27. The molecule has 0 saturated carbocycles. The first-order valence-corrected chi connectivity index (χ1v) is 4.53. The summed E-state index contributed by atoms with van der Waals surface area (Å²) >= 11 is 0. The lowest BCUT2D eigenvalue weighted by Crippen LogP contribution is -2.21. The number of aliphatic carboxylic acids is 1. The van der Waals surface area contributed by atoms with Gasteiger partial charge >= 0.3 is 5.97 Å². The number of carboxylic acid groups (broad SMARTS) is 1. The maximum atomic E-state index is 10.7. The lowest BCUT2D eigenvalue weighted by molar-refractivity contribution is -0.132. The number of hydrogen-bond donors (Lipinski definition) is 2. The molecule has 1 saturated heterocycles. The Morgan fingerprint density at radius 3 is 3.00 bits per heavy atom. The fraction of sp³-hybridized carbons (Fsp3) is 0.667. The van der Waals surface area contributed by atoms with Crippen LogP contribution in [0.5, 0.6) is 0 Å². The molecule has 1 heterocycles. The maximum Gasteiger partial charge on any atom is 0.331 e. The van der Waals surface area contributed by atoms with Gasteiger partial charge in [-0.3, -0.25) is 5.32 Å². The van der Waals surface area contributed by atoms with Crippen molar-refractivity contribution in [1.82, 2.24) is 5.32 Å². The van der Waals surface area contributed by atoms with E-state index >= 15 is 0 Å². The van der Waals surface area contributed by atoms with Crippen molar-refractivity contribution in [2.75, 3.05) is 13.2 Å². The van der Waals surface area contributed by atoms with Gasteiger partial charge in [0.1, 0.15) is 6.23 Å². The normalized spacial score (nSPS) is 23.5. The van der Waals surface area contributed by atoms with E-state index in [1.807, 2.05) is 6.92 Å². The van der Waals surface area contributed by atoms with Crippen molar-refractivity contribution in [2.24, 2.45) is 0 Å². The zero-order chi connectivity index (χ0) is 9.68. The molecular weight excluding hydrogens is 170 g/mol. The van der Waals surface area contributed by atoms with Crippen molar-refractivity contribution in [1.29, 1.82) is 0 Å². The summed E-state index contributed by atoms with van der Waals surface area (Å²) in [7, 11) is 0. The molecule has 1 rings (SSSR count). The molecule has 13 heavy (non-hydrogen) atoms. The van der Waals surface area contributed by atoms with E-state index < -0.39 is 5.97 Å². The summed E-state index contributed by atoms with van der Waals surface area (Å²) < 4.78 is 5.23. The molecule has 0 aliphatic carbocycles. The van der Waals surface area contributed by atoms with Gasteiger partial charge in [0.05, 0.1) is 6.61 Å². The van der Waals surface area contributed by atoms with Crippen molar-refractivity contribution in [3.05, 3.63) is 11.6 Å². The van der Waals surface area contributed by atoms with E-state index in [0.717, 1.165) is 13.0 Å². The van der Waals surface area contributed by atoms with Crippen LogP contribution in [0, 0.1) is 0 Å². The minimum absolute atomic E-state index is 0.211. The van der Waals surface area contributed by atoms with Gasteiger partial charge in [-0.05, 0) is 12.5 Å². The van der Waals surface area contributed by atoms with Gasteiger partial charge in [0.2, 0.25) is 0 Å². The molecular formula is C9H15NO3. The molecule has 74 valence electrons. The van der Waals surface area contributed by atoms with Crippen LogP contribution in [0.1, 0.15) is 19.8 Å². The SMILES string of the molecule is CCCC(=CC1NCCO1)C(=O)O. The van der Waals surface area contributed by atoms with E-state index in [4.69, 9.17) is 9.84 Å². The van der Waals surface area contributed by atoms with E-state index in [9.17, 15) is 4.79 Å². The van der Waals surface area contributed by atoms with E-state index in [1.54, 1.807) is 6.08 Å². The van der Waals surface area contributed by atoms with Gasteiger partial charge < -0.3 is 9.84 Å². The van der Waals surface area contributed by atoms with E-state index in [-0.39, 0.29) is 6.23 Å².